The van der Waals surface area contributed by atoms with E-state index in [1.54, 1.807) is 60.7 Å². The van der Waals surface area contributed by atoms with Gasteiger partial charge in [0.2, 0.25) is 0 Å². The zero-order chi connectivity index (χ0) is 27.1. The number of hydrogen-bond acceptors (Lipinski definition) is 6. The molecule has 0 radical (unpaired) electrons. The lowest BCUT2D eigenvalue weighted by molar-refractivity contribution is -0.130. The third-order valence-electron chi connectivity index (χ3n) is 5.76. The Balaban J connectivity index is 1.47. The van der Waals surface area contributed by atoms with Crippen molar-refractivity contribution in [3.8, 4) is 17.2 Å². The smallest absolute Gasteiger partial charge is 0.331 e. The molecular formula is C29H27FN2O6. The van der Waals surface area contributed by atoms with Gasteiger partial charge in [-0.1, -0.05) is 43.3 Å². The second kappa shape index (κ2) is 12.1. The molecule has 0 aromatic heterocycles. The van der Waals surface area contributed by atoms with Gasteiger partial charge in [0.1, 0.15) is 23.7 Å². The standard InChI is InChI=1S/C29H27FN2O6/c1-3-14-37-25-13-10-20(16-26(25)36-2)17-32-28(34)23(27(33)31-29(32)35)15-19-8-11-22(12-9-19)38-18-21-6-4-5-7-24(21)30/h4-13,15-16H,3,14,17-18H2,1-2H3,(H,31,33,35)/b23-15-. The van der Waals surface area contributed by atoms with Crippen molar-refractivity contribution < 1.29 is 33.0 Å². The minimum absolute atomic E-state index is 0.0571. The topological polar surface area (TPSA) is 94.2 Å². The number of carbonyl (C=O) groups excluding carboxylic acids is 3. The summed E-state index contributed by atoms with van der Waals surface area (Å²) in [6, 6.07) is 17.3. The van der Waals surface area contributed by atoms with Gasteiger partial charge in [0.15, 0.2) is 11.5 Å². The van der Waals surface area contributed by atoms with Crippen LogP contribution in [0.2, 0.25) is 0 Å². The summed E-state index contributed by atoms with van der Waals surface area (Å²) < 4.78 is 30.4. The first kappa shape index (κ1) is 26.4. The van der Waals surface area contributed by atoms with E-state index in [0.717, 1.165) is 11.3 Å². The first-order valence-corrected chi connectivity index (χ1v) is 12.0. The van der Waals surface area contributed by atoms with E-state index in [2.05, 4.69) is 5.32 Å². The number of nitrogens with one attached hydrogen (secondary N) is 1. The van der Waals surface area contributed by atoms with Gasteiger partial charge in [-0.15, -0.1) is 0 Å². The number of methoxy groups -OCH3 is 1. The fourth-order valence-corrected chi connectivity index (χ4v) is 3.77. The first-order valence-electron chi connectivity index (χ1n) is 12.0. The van der Waals surface area contributed by atoms with Gasteiger partial charge in [0, 0.05) is 5.56 Å². The van der Waals surface area contributed by atoms with E-state index in [9.17, 15) is 18.8 Å². The second-order valence-corrected chi connectivity index (χ2v) is 8.49. The molecule has 38 heavy (non-hydrogen) atoms. The average Bonchev–Trinajstić information content (AvgIpc) is 2.92. The van der Waals surface area contributed by atoms with Gasteiger partial charge in [0.25, 0.3) is 11.8 Å². The fourth-order valence-electron chi connectivity index (χ4n) is 3.77. The molecular weight excluding hydrogens is 491 g/mol. The second-order valence-electron chi connectivity index (χ2n) is 8.49. The van der Waals surface area contributed by atoms with E-state index < -0.39 is 17.8 Å². The van der Waals surface area contributed by atoms with Gasteiger partial charge >= 0.3 is 6.03 Å². The molecule has 1 aliphatic heterocycles. The van der Waals surface area contributed by atoms with Crippen LogP contribution >= 0.6 is 0 Å². The van der Waals surface area contributed by atoms with Gasteiger partial charge < -0.3 is 14.2 Å². The Morgan fingerprint density at radius 1 is 0.947 bits per heavy atom. The van der Waals surface area contributed by atoms with Crippen LogP contribution in [0.15, 0.2) is 72.3 Å². The third-order valence-corrected chi connectivity index (χ3v) is 5.76. The number of carbonyl (C=O) groups is 3. The Morgan fingerprint density at radius 2 is 1.71 bits per heavy atom. The van der Waals surface area contributed by atoms with Crippen LogP contribution in [-0.2, 0) is 22.7 Å². The fraction of sp³-hybridized carbons (Fsp3) is 0.207. The maximum Gasteiger partial charge on any atom is 0.331 e. The monoisotopic (exact) mass is 518 g/mol. The number of hydrogen-bond donors (Lipinski definition) is 1. The molecule has 0 spiro atoms. The molecule has 1 fully saturated rings. The van der Waals surface area contributed by atoms with Crippen LogP contribution in [0.25, 0.3) is 6.08 Å². The predicted octanol–water partition coefficient (Wildman–Crippen LogP) is 4.86. The summed E-state index contributed by atoms with van der Waals surface area (Å²) in [6.07, 6.45) is 2.24. The van der Waals surface area contributed by atoms with Crippen molar-refractivity contribution in [2.75, 3.05) is 13.7 Å². The summed E-state index contributed by atoms with van der Waals surface area (Å²) in [7, 11) is 1.51. The quantitative estimate of drug-likeness (QED) is 0.304. The van der Waals surface area contributed by atoms with E-state index in [1.807, 2.05) is 6.92 Å². The predicted molar refractivity (Wildman–Crippen MR) is 138 cm³/mol. The number of benzene rings is 3. The summed E-state index contributed by atoms with van der Waals surface area (Å²) >= 11 is 0. The van der Waals surface area contributed by atoms with E-state index in [-0.39, 0.29) is 24.5 Å². The van der Waals surface area contributed by atoms with Crippen LogP contribution in [0.5, 0.6) is 17.2 Å². The number of nitrogens with zero attached hydrogens (tertiary/aromatic N) is 1. The molecule has 1 heterocycles. The van der Waals surface area contributed by atoms with E-state index >= 15 is 0 Å². The minimum Gasteiger partial charge on any atom is -0.493 e. The molecule has 0 bridgehead atoms. The molecule has 0 unspecified atom stereocenters. The van der Waals surface area contributed by atoms with Crippen LogP contribution in [0, 0.1) is 5.82 Å². The lowest BCUT2D eigenvalue weighted by Gasteiger charge is -2.26. The number of amides is 4. The van der Waals surface area contributed by atoms with Gasteiger partial charge in [-0.25, -0.2) is 9.18 Å². The summed E-state index contributed by atoms with van der Waals surface area (Å²) in [6.45, 7) is 2.51. The van der Waals surface area contributed by atoms with Crippen LogP contribution < -0.4 is 19.5 Å². The maximum absolute atomic E-state index is 13.8. The summed E-state index contributed by atoms with van der Waals surface area (Å²) in [4.78, 5) is 39.1. The van der Waals surface area contributed by atoms with Gasteiger partial charge in [-0.05, 0) is 54.0 Å². The Morgan fingerprint density at radius 3 is 2.42 bits per heavy atom. The Hall–Kier alpha value is -4.66. The van der Waals surface area contributed by atoms with Crippen LogP contribution in [0.1, 0.15) is 30.0 Å². The first-order chi connectivity index (χ1) is 18.4. The molecule has 196 valence electrons. The maximum atomic E-state index is 13.8. The lowest BCUT2D eigenvalue weighted by Crippen LogP contribution is -2.53. The van der Waals surface area contributed by atoms with Crippen molar-refractivity contribution in [1.29, 1.82) is 0 Å². The average molecular weight is 519 g/mol. The number of rotatable bonds is 10. The summed E-state index contributed by atoms with van der Waals surface area (Å²) in [5.41, 5.74) is 1.42. The van der Waals surface area contributed by atoms with Gasteiger partial charge in [-0.2, -0.15) is 0 Å². The number of barbiturate groups is 1. The minimum atomic E-state index is -0.806. The molecule has 3 aromatic carbocycles. The van der Waals surface area contributed by atoms with E-state index in [1.165, 1.54) is 19.3 Å². The lowest BCUT2D eigenvalue weighted by atomic mass is 10.1. The van der Waals surface area contributed by atoms with Crippen LogP contribution in [-0.4, -0.2) is 36.5 Å². The molecule has 0 aliphatic carbocycles. The highest BCUT2D eigenvalue weighted by Crippen LogP contribution is 2.29. The van der Waals surface area contributed by atoms with E-state index in [4.69, 9.17) is 14.2 Å². The molecule has 1 saturated heterocycles. The molecule has 0 atom stereocenters. The van der Waals surface area contributed by atoms with Crippen molar-refractivity contribution in [3.05, 3.63) is 94.8 Å². The molecule has 0 saturated carbocycles. The Bertz CT molecular complexity index is 1370. The zero-order valence-corrected chi connectivity index (χ0v) is 21.0. The molecule has 1 N–H and O–H groups in total. The molecule has 4 rings (SSSR count). The highest BCUT2D eigenvalue weighted by atomic mass is 19.1. The molecule has 9 heteroatoms. The molecule has 1 aliphatic rings. The third kappa shape index (κ3) is 6.18. The Labute approximate surface area is 219 Å². The van der Waals surface area contributed by atoms with Crippen molar-refractivity contribution >= 4 is 23.9 Å². The molecule has 8 nitrogen and oxygen atoms in total. The highest BCUT2D eigenvalue weighted by Gasteiger charge is 2.35. The molecule has 3 aromatic rings. The summed E-state index contributed by atoms with van der Waals surface area (Å²) in [5, 5.41) is 2.22. The van der Waals surface area contributed by atoms with E-state index in [0.29, 0.717) is 40.5 Å². The SMILES string of the molecule is CCCOc1ccc(CN2C(=O)NC(=O)/C(=C/c3ccc(OCc4ccccc4F)cc3)C2=O)cc1OC. The zero-order valence-electron chi connectivity index (χ0n) is 21.0. The van der Waals surface area contributed by atoms with Gasteiger partial charge in [-0.3, -0.25) is 19.8 Å². The van der Waals surface area contributed by atoms with Gasteiger partial charge in [0.05, 0.1) is 20.3 Å². The van der Waals surface area contributed by atoms with Crippen molar-refractivity contribution in [2.24, 2.45) is 0 Å². The Kier molecular flexibility index (Phi) is 8.37. The van der Waals surface area contributed by atoms with Crippen molar-refractivity contribution in [1.82, 2.24) is 10.2 Å². The largest absolute Gasteiger partial charge is 0.493 e. The number of ether oxygens (including phenoxy) is 3. The highest BCUT2D eigenvalue weighted by molar-refractivity contribution is 6.30. The molecule has 4 amide bonds. The summed E-state index contributed by atoms with van der Waals surface area (Å²) in [5.74, 6) is -0.323. The number of halogens is 1. The van der Waals surface area contributed by atoms with Crippen LogP contribution in [0.4, 0.5) is 9.18 Å². The number of urea groups is 1. The van der Waals surface area contributed by atoms with Crippen LogP contribution in [0.3, 0.4) is 0 Å². The normalized spacial score (nSPS) is 14.4. The van der Waals surface area contributed by atoms with Crippen molar-refractivity contribution in [2.45, 2.75) is 26.5 Å². The van der Waals surface area contributed by atoms with Crippen molar-refractivity contribution in [3.63, 3.8) is 0 Å². The number of imide groups is 2.